The number of anilines is 1. The number of fused-ring (bicyclic) bond motifs is 2. The lowest BCUT2D eigenvalue weighted by Crippen LogP contribution is -2.54. The summed E-state index contributed by atoms with van der Waals surface area (Å²) in [5.41, 5.74) is 9.87. The second-order valence-corrected chi connectivity index (χ2v) is 17.7. The Balaban J connectivity index is 0.825. The minimum Gasteiger partial charge on any atom is -0.496 e. The van der Waals surface area contributed by atoms with Crippen molar-refractivity contribution in [2.45, 2.75) is 83.1 Å². The van der Waals surface area contributed by atoms with Gasteiger partial charge in [-0.05, 0) is 93.3 Å². The molecule has 1 aromatic heterocycles. The van der Waals surface area contributed by atoms with Crippen LogP contribution in [0.2, 0.25) is 0 Å². The number of hydrogen-bond donors (Lipinski definition) is 4. The molecule has 1 saturated carbocycles. The van der Waals surface area contributed by atoms with E-state index in [0.29, 0.717) is 47.3 Å². The molecule has 4 aromatic rings. The number of amides is 6. The number of methoxy groups -OCH3 is 1. The van der Waals surface area contributed by atoms with Crippen molar-refractivity contribution in [3.8, 4) is 23.5 Å². The third-order valence-corrected chi connectivity index (χ3v) is 13.3. The molecule has 3 aromatic carbocycles. The number of halogens is 1. The van der Waals surface area contributed by atoms with Crippen molar-refractivity contribution in [1.29, 1.82) is 0 Å². The van der Waals surface area contributed by atoms with Gasteiger partial charge < -0.3 is 30.7 Å². The van der Waals surface area contributed by atoms with Gasteiger partial charge in [-0.15, -0.1) is 0 Å². The number of carbonyl (C=O) groups excluding carboxylic acids is 6. The fourth-order valence-corrected chi connectivity index (χ4v) is 9.71. The third kappa shape index (κ3) is 9.58. The average Bonchev–Trinajstić information content (AvgIpc) is 3.73. The van der Waals surface area contributed by atoms with Gasteiger partial charge in [0.15, 0.2) is 6.17 Å². The number of rotatable bonds is 15. The van der Waals surface area contributed by atoms with E-state index >= 15 is 0 Å². The monoisotopic (exact) mass is 899 g/mol. The summed E-state index contributed by atoms with van der Waals surface area (Å²) >= 11 is 0. The number of benzene rings is 3. The van der Waals surface area contributed by atoms with Gasteiger partial charge in [0.1, 0.15) is 18.4 Å². The van der Waals surface area contributed by atoms with E-state index in [9.17, 15) is 33.2 Å². The number of pyridine rings is 1. The lowest BCUT2D eigenvalue weighted by Gasteiger charge is -2.29. The molecule has 4 aliphatic rings. The number of piperidine rings is 1. The van der Waals surface area contributed by atoms with E-state index in [-0.39, 0.29) is 53.7 Å². The predicted octanol–water partition coefficient (Wildman–Crippen LogP) is 4.93. The fourth-order valence-electron chi connectivity index (χ4n) is 9.71. The smallest absolute Gasteiger partial charge is 0.264 e. The van der Waals surface area contributed by atoms with E-state index in [1.807, 2.05) is 6.92 Å². The van der Waals surface area contributed by atoms with Crippen molar-refractivity contribution in [3.63, 3.8) is 0 Å². The van der Waals surface area contributed by atoms with Gasteiger partial charge in [-0.1, -0.05) is 49.1 Å². The maximum atomic E-state index is 14.5. The summed E-state index contributed by atoms with van der Waals surface area (Å²) in [6, 6.07) is 15.3. The number of nitrogens with one attached hydrogen (secondary N) is 3. The zero-order chi connectivity index (χ0) is 46.6. The van der Waals surface area contributed by atoms with E-state index in [2.05, 4.69) is 69.0 Å². The lowest BCUT2D eigenvalue weighted by molar-refractivity contribution is -0.136. The molecule has 2 saturated heterocycles. The van der Waals surface area contributed by atoms with Gasteiger partial charge in [0.2, 0.25) is 17.7 Å². The molecule has 1 unspecified atom stereocenters. The second kappa shape index (κ2) is 19.7. The van der Waals surface area contributed by atoms with E-state index < -0.39 is 59.6 Å². The zero-order valence-corrected chi connectivity index (χ0v) is 37.3. The van der Waals surface area contributed by atoms with Crippen LogP contribution in [0.4, 0.5) is 10.1 Å². The molecule has 4 atom stereocenters. The Morgan fingerprint density at radius 3 is 2.45 bits per heavy atom. The summed E-state index contributed by atoms with van der Waals surface area (Å²) in [6.45, 7) is 4.14. The van der Waals surface area contributed by atoms with E-state index in [1.54, 1.807) is 36.5 Å². The summed E-state index contributed by atoms with van der Waals surface area (Å²) in [7, 11) is 3.58. The van der Waals surface area contributed by atoms with Crippen LogP contribution in [0.15, 0.2) is 60.8 Å². The van der Waals surface area contributed by atoms with E-state index in [0.717, 1.165) is 49.2 Å². The number of carbonyl (C=O) groups is 6. The second-order valence-electron chi connectivity index (χ2n) is 17.7. The largest absolute Gasteiger partial charge is 0.496 e. The minimum atomic E-state index is -1.59. The normalized spacial score (nSPS) is 22.7. The minimum absolute atomic E-state index is 0.0220. The topological polar surface area (TPSA) is 202 Å². The molecule has 344 valence electrons. The van der Waals surface area contributed by atoms with Crippen molar-refractivity contribution < 1.29 is 42.6 Å². The van der Waals surface area contributed by atoms with Crippen LogP contribution in [0, 0.1) is 29.6 Å². The Morgan fingerprint density at radius 2 is 1.74 bits per heavy atom. The van der Waals surface area contributed by atoms with E-state index in [4.69, 9.17) is 15.2 Å². The summed E-state index contributed by atoms with van der Waals surface area (Å²) in [5, 5.41) is 9.41. The molecule has 5 N–H and O–H groups in total. The van der Waals surface area contributed by atoms with Crippen molar-refractivity contribution in [2.24, 2.45) is 23.5 Å². The first kappa shape index (κ1) is 45.7. The highest BCUT2D eigenvalue weighted by atomic mass is 19.1. The molecule has 15 nitrogen and oxygen atoms in total. The standard InChI is InChI=1S/C50H54FN7O8/c1-4-33-39(55-47(62)44(33)51)27-66-48-36-23-41(65-3)37(45(52)60)22-35(36)32(24-54-48)17-16-28-8-12-30(13-9-28)25-57(2)26-31-14-10-29(11-15-31)20-21-53-38-7-5-6-34-43(38)50(64)58(49(34)63)40-18-19-42(59)56-46(40)61/h5-7,10-11,14-15,22-24,28,30,33,39-40,44,53H,4,8-9,12-13,18-21,25-27H2,1-3H3,(H2,52,60)(H,55,62)(H,56,59,61)/t28?,30?,33-,39+,40?,44-/m0/s1. The van der Waals surface area contributed by atoms with Crippen molar-refractivity contribution in [3.05, 3.63) is 94.2 Å². The van der Waals surface area contributed by atoms with Gasteiger partial charge in [-0.25, -0.2) is 9.37 Å². The average molecular weight is 900 g/mol. The number of nitrogens with two attached hydrogens (primary N) is 1. The quantitative estimate of drug-likeness (QED) is 0.0932. The molecule has 0 bridgehead atoms. The van der Waals surface area contributed by atoms with Crippen LogP contribution in [0.25, 0.3) is 10.8 Å². The molecule has 0 spiro atoms. The first-order chi connectivity index (χ1) is 31.8. The maximum absolute atomic E-state index is 14.5. The molecular formula is C50H54FN7O8. The Labute approximate surface area is 382 Å². The van der Waals surface area contributed by atoms with Gasteiger partial charge in [0.25, 0.3) is 23.6 Å². The van der Waals surface area contributed by atoms with Crippen molar-refractivity contribution in [2.75, 3.05) is 39.2 Å². The molecule has 0 radical (unpaired) electrons. The summed E-state index contributed by atoms with van der Waals surface area (Å²) in [5.74, 6) is 4.10. The summed E-state index contributed by atoms with van der Waals surface area (Å²) < 4.78 is 26.0. The highest BCUT2D eigenvalue weighted by molar-refractivity contribution is 6.25. The van der Waals surface area contributed by atoms with Crippen LogP contribution < -0.4 is 31.2 Å². The first-order valence-corrected chi connectivity index (χ1v) is 22.6. The Morgan fingerprint density at radius 1 is 0.985 bits per heavy atom. The highest BCUT2D eigenvalue weighted by Gasteiger charge is 2.46. The molecule has 16 heteroatoms. The Hall–Kier alpha value is -6.86. The van der Waals surface area contributed by atoms with Crippen LogP contribution in [-0.2, 0) is 27.3 Å². The molecule has 66 heavy (non-hydrogen) atoms. The van der Waals surface area contributed by atoms with Crippen molar-refractivity contribution >= 4 is 51.9 Å². The number of ether oxygens (including phenoxy) is 2. The van der Waals surface area contributed by atoms with Crippen LogP contribution in [0.3, 0.4) is 0 Å². The molecule has 6 amide bonds. The predicted molar refractivity (Wildman–Crippen MR) is 243 cm³/mol. The van der Waals surface area contributed by atoms with Crippen LogP contribution in [0.1, 0.15) is 99.6 Å². The Bertz CT molecular complexity index is 2640. The summed E-state index contributed by atoms with van der Waals surface area (Å²) in [4.78, 5) is 83.1. The van der Waals surface area contributed by atoms with Gasteiger partial charge in [-0.2, -0.15) is 0 Å². The third-order valence-electron chi connectivity index (χ3n) is 13.3. The first-order valence-electron chi connectivity index (χ1n) is 22.6. The number of hydrogen-bond acceptors (Lipinski definition) is 11. The van der Waals surface area contributed by atoms with Gasteiger partial charge >= 0.3 is 0 Å². The zero-order valence-electron chi connectivity index (χ0n) is 37.3. The number of nitrogens with zero attached hydrogens (tertiary/aromatic N) is 3. The number of imide groups is 2. The molecule has 8 rings (SSSR count). The molecule has 3 aliphatic heterocycles. The Kier molecular flexibility index (Phi) is 13.6. The van der Waals surface area contributed by atoms with E-state index in [1.165, 1.54) is 12.7 Å². The SMILES string of the molecule is CC[C@@H]1[C@H](F)C(=O)N[C@@H]1COc1ncc(C#CC2CCC(CN(C)Cc3ccc(CCNc4cccc5c4C(=O)N(C4CCC(=O)NC4=O)C5=O)cc3)CC2)c2cc(C(N)=O)c(OC)cc12. The number of alkyl halides is 1. The molecule has 4 heterocycles. The van der Waals surface area contributed by atoms with Crippen LogP contribution in [-0.4, -0.2) is 102 Å². The van der Waals surface area contributed by atoms with Crippen molar-refractivity contribution in [1.82, 2.24) is 25.4 Å². The molecule has 1 aliphatic carbocycles. The van der Waals surface area contributed by atoms with Gasteiger partial charge in [0, 0.05) is 60.5 Å². The highest BCUT2D eigenvalue weighted by Crippen LogP contribution is 2.36. The van der Waals surface area contributed by atoms with Crippen LogP contribution >= 0.6 is 0 Å². The lowest BCUT2D eigenvalue weighted by atomic mass is 9.82. The maximum Gasteiger partial charge on any atom is 0.264 e. The van der Waals surface area contributed by atoms with Gasteiger partial charge in [-0.3, -0.25) is 39.0 Å². The number of aromatic nitrogens is 1. The molecular weight excluding hydrogens is 846 g/mol. The fraction of sp³-hybridized carbons (Fsp3) is 0.420. The number of primary amides is 1. The summed E-state index contributed by atoms with van der Waals surface area (Å²) in [6.07, 6.45) is 5.34. The van der Waals surface area contributed by atoms with Gasteiger partial charge in [0.05, 0.1) is 35.4 Å². The van der Waals surface area contributed by atoms with Crippen LogP contribution in [0.5, 0.6) is 11.6 Å². The molecule has 3 fully saturated rings.